The number of rotatable bonds is 21. The predicted octanol–water partition coefficient (Wildman–Crippen LogP) is 7.93. The summed E-state index contributed by atoms with van der Waals surface area (Å²) in [7, 11) is 0. The van der Waals surface area contributed by atoms with Crippen molar-refractivity contribution in [1.29, 1.82) is 0 Å². The molecule has 4 heteroatoms. The van der Waals surface area contributed by atoms with E-state index in [-0.39, 0.29) is 18.0 Å². The van der Waals surface area contributed by atoms with E-state index >= 15 is 0 Å². The van der Waals surface area contributed by atoms with Gasteiger partial charge in [0.1, 0.15) is 6.10 Å². The molecule has 0 saturated carbocycles. The third kappa shape index (κ3) is 14.8. The first kappa shape index (κ1) is 28.9. The van der Waals surface area contributed by atoms with Crippen molar-refractivity contribution in [3.05, 3.63) is 0 Å². The number of carbonyl (C=O) groups excluding carboxylic acids is 1. The van der Waals surface area contributed by atoms with Gasteiger partial charge in [0.2, 0.25) is 0 Å². The van der Waals surface area contributed by atoms with Crippen LogP contribution in [0.3, 0.4) is 0 Å². The minimum absolute atomic E-state index is 0.00581. The molecule has 0 spiro atoms. The summed E-state index contributed by atoms with van der Waals surface area (Å²) < 4.78 is 5.95. The molecule has 0 radical (unpaired) electrons. The molecule has 0 aromatic heterocycles. The SMILES string of the molecule is CCCCCCCCCC(CCCCCCC)OC(=O)C(CC)CC(CC)C(=O)O. The van der Waals surface area contributed by atoms with E-state index in [0.717, 1.165) is 25.7 Å². The van der Waals surface area contributed by atoms with E-state index in [1.165, 1.54) is 64.2 Å². The summed E-state index contributed by atoms with van der Waals surface area (Å²) in [5.74, 6) is -1.75. The molecule has 0 aliphatic carbocycles. The second-order valence-corrected chi connectivity index (χ2v) is 8.96. The van der Waals surface area contributed by atoms with Crippen LogP contribution in [0.2, 0.25) is 0 Å². The Morgan fingerprint density at radius 2 is 1.10 bits per heavy atom. The molecule has 0 aromatic rings. The topological polar surface area (TPSA) is 63.6 Å². The second kappa shape index (κ2) is 19.9. The third-order valence-corrected chi connectivity index (χ3v) is 6.28. The number of hydrogen-bond acceptors (Lipinski definition) is 3. The molecule has 3 unspecified atom stereocenters. The van der Waals surface area contributed by atoms with Gasteiger partial charge in [0, 0.05) is 0 Å². The summed E-state index contributed by atoms with van der Waals surface area (Å²) >= 11 is 0. The van der Waals surface area contributed by atoms with Gasteiger partial charge < -0.3 is 9.84 Å². The number of carboxylic acid groups (broad SMARTS) is 1. The van der Waals surface area contributed by atoms with Gasteiger partial charge in [-0.3, -0.25) is 9.59 Å². The Morgan fingerprint density at radius 3 is 1.50 bits per heavy atom. The molecule has 0 amide bonds. The van der Waals surface area contributed by atoms with E-state index in [1.807, 2.05) is 13.8 Å². The maximum Gasteiger partial charge on any atom is 0.309 e. The summed E-state index contributed by atoms with van der Waals surface area (Å²) in [6, 6.07) is 0. The molecule has 0 aromatic carbocycles. The molecule has 0 heterocycles. The fourth-order valence-corrected chi connectivity index (χ4v) is 4.04. The average Bonchev–Trinajstić information content (AvgIpc) is 2.73. The molecule has 0 fully saturated rings. The van der Waals surface area contributed by atoms with Crippen molar-refractivity contribution in [2.75, 3.05) is 0 Å². The van der Waals surface area contributed by atoms with Crippen molar-refractivity contribution in [3.8, 4) is 0 Å². The average molecular weight is 427 g/mol. The van der Waals surface area contributed by atoms with Gasteiger partial charge in [0.05, 0.1) is 11.8 Å². The van der Waals surface area contributed by atoms with E-state index in [9.17, 15) is 14.7 Å². The Balaban J connectivity index is 4.57. The van der Waals surface area contributed by atoms with Crippen LogP contribution in [-0.4, -0.2) is 23.1 Å². The molecule has 178 valence electrons. The molecule has 4 nitrogen and oxygen atoms in total. The summed E-state index contributed by atoms with van der Waals surface area (Å²) in [4.78, 5) is 24.2. The van der Waals surface area contributed by atoms with Gasteiger partial charge in [-0.15, -0.1) is 0 Å². The maximum atomic E-state index is 12.8. The van der Waals surface area contributed by atoms with Crippen molar-refractivity contribution in [2.45, 2.75) is 143 Å². The van der Waals surface area contributed by atoms with Crippen LogP contribution in [0.1, 0.15) is 137 Å². The highest BCUT2D eigenvalue weighted by molar-refractivity contribution is 5.75. The first-order chi connectivity index (χ1) is 14.5. The van der Waals surface area contributed by atoms with Gasteiger partial charge in [-0.1, -0.05) is 91.9 Å². The largest absolute Gasteiger partial charge is 0.481 e. The van der Waals surface area contributed by atoms with Gasteiger partial charge in [0.15, 0.2) is 0 Å². The Labute approximate surface area is 186 Å². The van der Waals surface area contributed by atoms with Gasteiger partial charge in [0.25, 0.3) is 0 Å². The third-order valence-electron chi connectivity index (χ3n) is 6.28. The van der Waals surface area contributed by atoms with E-state index in [4.69, 9.17) is 4.74 Å². The fourth-order valence-electron chi connectivity index (χ4n) is 4.04. The number of esters is 1. The molecule has 30 heavy (non-hydrogen) atoms. The Kier molecular flexibility index (Phi) is 19.2. The maximum absolute atomic E-state index is 12.8. The Morgan fingerprint density at radius 1 is 0.667 bits per heavy atom. The highest BCUT2D eigenvalue weighted by Crippen LogP contribution is 2.23. The molecule has 0 aliphatic rings. The first-order valence-corrected chi connectivity index (χ1v) is 12.9. The standard InChI is InChI=1S/C26H50O4/c1-5-9-11-13-14-16-18-20-24(19-17-15-12-10-6-2)30-26(29)23(8-4)21-22(7-3)25(27)28/h22-24H,5-21H2,1-4H3,(H,27,28). The van der Waals surface area contributed by atoms with Crippen LogP contribution in [0.15, 0.2) is 0 Å². The first-order valence-electron chi connectivity index (χ1n) is 12.9. The van der Waals surface area contributed by atoms with E-state index in [2.05, 4.69) is 13.8 Å². The summed E-state index contributed by atoms with van der Waals surface area (Å²) in [5, 5.41) is 9.34. The van der Waals surface area contributed by atoms with Crippen molar-refractivity contribution >= 4 is 11.9 Å². The molecule has 3 atom stereocenters. The number of hydrogen-bond donors (Lipinski definition) is 1. The summed E-state index contributed by atoms with van der Waals surface area (Å²) in [5.41, 5.74) is 0. The highest BCUT2D eigenvalue weighted by Gasteiger charge is 2.27. The van der Waals surface area contributed by atoms with Crippen LogP contribution in [0.5, 0.6) is 0 Å². The Bertz CT molecular complexity index is 421. The number of unbranched alkanes of at least 4 members (excludes halogenated alkanes) is 10. The lowest BCUT2D eigenvalue weighted by molar-refractivity contribution is -0.156. The van der Waals surface area contributed by atoms with Crippen LogP contribution in [-0.2, 0) is 14.3 Å². The van der Waals surface area contributed by atoms with E-state index in [0.29, 0.717) is 19.3 Å². The monoisotopic (exact) mass is 426 g/mol. The van der Waals surface area contributed by atoms with Crippen LogP contribution in [0, 0.1) is 11.8 Å². The predicted molar refractivity (Wildman–Crippen MR) is 126 cm³/mol. The van der Waals surface area contributed by atoms with Crippen LogP contribution < -0.4 is 0 Å². The van der Waals surface area contributed by atoms with Crippen molar-refractivity contribution in [2.24, 2.45) is 11.8 Å². The zero-order valence-corrected chi connectivity index (χ0v) is 20.4. The highest BCUT2D eigenvalue weighted by atomic mass is 16.5. The summed E-state index contributed by atoms with van der Waals surface area (Å²) in [6.07, 6.45) is 18.4. The van der Waals surface area contributed by atoms with E-state index in [1.54, 1.807) is 0 Å². The van der Waals surface area contributed by atoms with Gasteiger partial charge in [-0.2, -0.15) is 0 Å². The molecule has 0 bridgehead atoms. The van der Waals surface area contributed by atoms with Crippen molar-refractivity contribution in [1.82, 2.24) is 0 Å². The molecule has 0 saturated heterocycles. The fraction of sp³-hybridized carbons (Fsp3) is 0.923. The van der Waals surface area contributed by atoms with Crippen molar-refractivity contribution < 1.29 is 19.4 Å². The molecule has 0 rings (SSSR count). The van der Waals surface area contributed by atoms with Crippen LogP contribution >= 0.6 is 0 Å². The normalized spacial score (nSPS) is 14.3. The van der Waals surface area contributed by atoms with E-state index < -0.39 is 11.9 Å². The number of aliphatic carboxylic acids is 1. The molecule has 1 N–H and O–H groups in total. The lowest BCUT2D eigenvalue weighted by Gasteiger charge is -2.23. The number of ether oxygens (including phenoxy) is 1. The minimum atomic E-state index is -0.806. The smallest absolute Gasteiger partial charge is 0.309 e. The Hall–Kier alpha value is -1.06. The minimum Gasteiger partial charge on any atom is -0.481 e. The van der Waals surface area contributed by atoms with Crippen LogP contribution in [0.4, 0.5) is 0 Å². The zero-order chi connectivity index (χ0) is 22.6. The van der Waals surface area contributed by atoms with Gasteiger partial charge in [-0.25, -0.2) is 0 Å². The summed E-state index contributed by atoms with van der Waals surface area (Å²) in [6.45, 7) is 8.28. The lowest BCUT2D eigenvalue weighted by Crippen LogP contribution is -2.27. The van der Waals surface area contributed by atoms with Gasteiger partial charge >= 0.3 is 11.9 Å². The number of carbonyl (C=O) groups is 2. The van der Waals surface area contributed by atoms with Crippen molar-refractivity contribution in [3.63, 3.8) is 0 Å². The second-order valence-electron chi connectivity index (χ2n) is 8.96. The lowest BCUT2D eigenvalue weighted by atomic mass is 9.91. The zero-order valence-electron chi connectivity index (χ0n) is 20.4. The number of carboxylic acids is 1. The van der Waals surface area contributed by atoms with Gasteiger partial charge in [-0.05, 0) is 44.9 Å². The molecular formula is C26H50O4. The quantitative estimate of drug-likeness (QED) is 0.149. The van der Waals surface area contributed by atoms with Crippen LogP contribution in [0.25, 0.3) is 0 Å². The molecular weight excluding hydrogens is 376 g/mol. The molecule has 0 aliphatic heterocycles.